The maximum atomic E-state index is 9.41. The van der Waals surface area contributed by atoms with Gasteiger partial charge in [-0.25, -0.2) is 4.98 Å². The van der Waals surface area contributed by atoms with Crippen molar-refractivity contribution in [3.63, 3.8) is 0 Å². The number of rotatable bonds is 2. The van der Waals surface area contributed by atoms with E-state index >= 15 is 0 Å². The van der Waals surface area contributed by atoms with Crippen molar-refractivity contribution in [3.8, 4) is 0 Å². The van der Waals surface area contributed by atoms with Gasteiger partial charge in [-0.2, -0.15) is 0 Å². The molecule has 0 saturated carbocycles. The second-order valence-electron chi connectivity index (χ2n) is 3.58. The first kappa shape index (κ1) is 9.83. The second kappa shape index (κ2) is 4.21. The number of hydrogen-bond donors (Lipinski definition) is 2. The van der Waals surface area contributed by atoms with Crippen molar-refractivity contribution < 1.29 is 5.11 Å². The highest BCUT2D eigenvalue weighted by molar-refractivity contribution is 7.09. The lowest BCUT2D eigenvalue weighted by Crippen LogP contribution is -2.32. The van der Waals surface area contributed by atoms with Crippen LogP contribution in [-0.4, -0.2) is 29.3 Å². The summed E-state index contributed by atoms with van der Waals surface area (Å²) in [5.74, 6) is 0. The molecule has 1 atom stereocenters. The summed E-state index contributed by atoms with van der Waals surface area (Å²) in [5.41, 5.74) is 2.31. The molecule has 14 heavy (non-hydrogen) atoms. The standard InChI is InChI=1S/C10H14N2OS/c1-7-6-14-10(12-7)3-8-2-9(13)5-11-4-8/h2,6,9,11,13H,3-5H2,1H3. The number of aliphatic hydroxyl groups excluding tert-OH is 1. The SMILES string of the molecule is Cc1csc(CC2=CC(O)CNC2)n1. The lowest BCUT2D eigenvalue weighted by Gasteiger charge is -2.17. The lowest BCUT2D eigenvalue weighted by atomic mass is 10.1. The molecule has 1 unspecified atom stereocenters. The number of hydrogen-bond acceptors (Lipinski definition) is 4. The van der Waals surface area contributed by atoms with Crippen LogP contribution in [0.1, 0.15) is 10.7 Å². The number of β-amino-alcohol motifs (C(OH)–C–C–N with tert-alkyl or cyclic N) is 1. The van der Waals surface area contributed by atoms with Crippen molar-refractivity contribution in [1.82, 2.24) is 10.3 Å². The van der Waals surface area contributed by atoms with E-state index in [-0.39, 0.29) is 6.10 Å². The molecule has 0 aliphatic carbocycles. The van der Waals surface area contributed by atoms with Gasteiger partial charge in [-0.3, -0.25) is 0 Å². The van der Waals surface area contributed by atoms with E-state index in [2.05, 4.69) is 15.7 Å². The molecular formula is C10H14N2OS. The van der Waals surface area contributed by atoms with E-state index in [4.69, 9.17) is 0 Å². The summed E-state index contributed by atoms with van der Waals surface area (Å²) < 4.78 is 0. The van der Waals surface area contributed by atoms with E-state index < -0.39 is 0 Å². The van der Waals surface area contributed by atoms with Crippen molar-refractivity contribution in [3.05, 3.63) is 27.7 Å². The largest absolute Gasteiger partial charge is 0.388 e. The molecule has 2 rings (SSSR count). The van der Waals surface area contributed by atoms with Crippen LogP contribution in [0, 0.1) is 6.92 Å². The fourth-order valence-corrected chi connectivity index (χ4v) is 2.39. The first-order valence-electron chi connectivity index (χ1n) is 4.73. The molecule has 0 fully saturated rings. The van der Waals surface area contributed by atoms with Crippen LogP contribution in [0.15, 0.2) is 17.0 Å². The number of nitrogens with one attached hydrogen (secondary N) is 1. The highest BCUT2D eigenvalue weighted by atomic mass is 32.1. The Morgan fingerprint density at radius 1 is 1.71 bits per heavy atom. The van der Waals surface area contributed by atoms with Gasteiger partial charge in [-0.1, -0.05) is 11.6 Å². The molecule has 0 radical (unpaired) electrons. The maximum absolute atomic E-state index is 9.41. The number of aryl methyl sites for hydroxylation is 1. The quantitative estimate of drug-likeness (QED) is 0.712. The van der Waals surface area contributed by atoms with Gasteiger partial charge in [0.1, 0.15) is 0 Å². The van der Waals surface area contributed by atoms with Crippen molar-refractivity contribution >= 4 is 11.3 Å². The summed E-state index contributed by atoms with van der Waals surface area (Å²) in [6.45, 7) is 3.54. The minimum Gasteiger partial charge on any atom is -0.388 e. The minimum absolute atomic E-state index is 0.334. The molecule has 1 aliphatic heterocycles. The molecule has 0 bridgehead atoms. The Hall–Kier alpha value is -0.710. The Labute approximate surface area is 87.5 Å². The number of nitrogens with zero attached hydrogens (tertiary/aromatic N) is 1. The third-order valence-electron chi connectivity index (χ3n) is 2.18. The van der Waals surface area contributed by atoms with Crippen LogP contribution in [0.3, 0.4) is 0 Å². The average molecular weight is 210 g/mol. The fourth-order valence-electron chi connectivity index (χ4n) is 1.57. The van der Waals surface area contributed by atoms with Crippen LogP contribution in [0.25, 0.3) is 0 Å². The molecule has 76 valence electrons. The maximum Gasteiger partial charge on any atom is 0.0969 e. The van der Waals surface area contributed by atoms with E-state index in [0.29, 0.717) is 6.54 Å². The van der Waals surface area contributed by atoms with Crippen LogP contribution >= 0.6 is 11.3 Å². The van der Waals surface area contributed by atoms with Crippen LogP contribution < -0.4 is 5.32 Å². The highest BCUT2D eigenvalue weighted by Gasteiger charge is 2.11. The molecule has 1 aliphatic rings. The van der Waals surface area contributed by atoms with E-state index in [0.717, 1.165) is 23.7 Å². The summed E-state index contributed by atoms with van der Waals surface area (Å²) in [5, 5.41) is 15.8. The molecule has 3 nitrogen and oxygen atoms in total. The summed E-state index contributed by atoms with van der Waals surface area (Å²) in [6, 6.07) is 0. The molecule has 4 heteroatoms. The summed E-state index contributed by atoms with van der Waals surface area (Å²) in [4.78, 5) is 4.40. The van der Waals surface area contributed by atoms with Gasteiger partial charge in [0.2, 0.25) is 0 Å². The third-order valence-corrected chi connectivity index (χ3v) is 3.15. The minimum atomic E-state index is -0.334. The summed E-state index contributed by atoms with van der Waals surface area (Å²) >= 11 is 1.68. The van der Waals surface area contributed by atoms with Gasteiger partial charge in [0.25, 0.3) is 0 Å². The van der Waals surface area contributed by atoms with Gasteiger partial charge >= 0.3 is 0 Å². The summed E-state index contributed by atoms with van der Waals surface area (Å²) in [7, 11) is 0. The normalized spacial score (nSPS) is 22.1. The molecule has 0 spiro atoms. The van der Waals surface area contributed by atoms with Gasteiger partial charge in [-0.05, 0) is 6.92 Å². The van der Waals surface area contributed by atoms with E-state index in [1.165, 1.54) is 5.57 Å². The predicted molar refractivity (Wildman–Crippen MR) is 57.5 cm³/mol. The smallest absolute Gasteiger partial charge is 0.0969 e. The molecule has 0 amide bonds. The molecular weight excluding hydrogens is 196 g/mol. The fraction of sp³-hybridized carbons (Fsp3) is 0.500. The zero-order valence-corrected chi connectivity index (χ0v) is 8.97. The predicted octanol–water partition coefficient (Wildman–Crippen LogP) is 0.885. The Balaban J connectivity index is 2.03. The van der Waals surface area contributed by atoms with E-state index in [9.17, 15) is 5.11 Å². The Morgan fingerprint density at radius 2 is 2.57 bits per heavy atom. The Bertz CT molecular complexity index is 346. The van der Waals surface area contributed by atoms with Crippen LogP contribution in [0.5, 0.6) is 0 Å². The van der Waals surface area contributed by atoms with E-state index in [1.807, 2.05) is 13.0 Å². The number of aromatic nitrogens is 1. The van der Waals surface area contributed by atoms with Crippen molar-refractivity contribution in [2.45, 2.75) is 19.4 Å². The van der Waals surface area contributed by atoms with Gasteiger partial charge < -0.3 is 10.4 Å². The molecule has 2 N–H and O–H groups in total. The first-order chi connectivity index (χ1) is 6.74. The molecule has 0 saturated heterocycles. The monoisotopic (exact) mass is 210 g/mol. The van der Waals surface area contributed by atoms with E-state index in [1.54, 1.807) is 11.3 Å². The second-order valence-corrected chi connectivity index (χ2v) is 4.53. The zero-order chi connectivity index (χ0) is 9.97. The summed E-state index contributed by atoms with van der Waals surface area (Å²) in [6.07, 6.45) is 2.47. The first-order valence-corrected chi connectivity index (χ1v) is 5.61. The van der Waals surface area contributed by atoms with Gasteiger partial charge in [0, 0.05) is 30.6 Å². The van der Waals surface area contributed by atoms with Gasteiger partial charge in [0.05, 0.1) is 11.1 Å². The lowest BCUT2D eigenvalue weighted by molar-refractivity contribution is 0.213. The van der Waals surface area contributed by atoms with Gasteiger partial charge in [0.15, 0.2) is 0 Å². The van der Waals surface area contributed by atoms with Crippen molar-refractivity contribution in [2.24, 2.45) is 0 Å². The van der Waals surface area contributed by atoms with Crippen molar-refractivity contribution in [1.29, 1.82) is 0 Å². The molecule has 0 aromatic carbocycles. The topological polar surface area (TPSA) is 45.1 Å². The molecule has 1 aromatic heterocycles. The highest BCUT2D eigenvalue weighted by Crippen LogP contribution is 2.15. The third kappa shape index (κ3) is 2.41. The van der Waals surface area contributed by atoms with Gasteiger partial charge in [-0.15, -0.1) is 11.3 Å². The average Bonchev–Trinajstić information content (AvgIpc) is 2.51. The van der Waals surface area contributed by atoms with Crippen molar-refractivity contribution in [2.75, 3.05) is 13.1 Å². The Kier molecular flexibility index (Phi) is 2.96. The number of aliphatic hydroxyl groups is 1. The zero-order valence-electron chi connectivity index (χ0n) is 8.16. The number of thiazole rings is 1. The van der Waals surface area contributed by atoms with Crippen LogP contribution in [-0.2, 0) is 6.42 Å². The molecule has 1 aromatic rings. The molecule has 2 heterocycles. The van der Waals surface area contributed by atoms with Crippen LogP contribution in [0.2, 0.25) is 0 Å². The Morgan fingerprint density at radius 3 is 3.21 bits per heavy atom. The van der Waals surface area contributed by atoms with Crippen LogP contribution in [0.4, 0.5) is 0 Å².